The number of phosphoric acid groups is 3. The van der Waals surface area contributed by atoms with Crippen LogP contribution in [0.3, 0.4) is 0 Å². The number of aliphatic hydroxyl groups is 3. The van der Waals surface area contributed by atoms with E-state index < -0.39 is 60.1 Å². The van der Waals surface area contributed by atoms with E-state index in [9.17, 15) is 29.0 Å². The molecule has 9 N–H and O–H groups in total. The quantitative estimate of drug-likeness (QED) is 0.189. The normalized spacial score (nSPS) is 35.9. The summed E-state index contributed by atoms with van der Waals surface area (Å²) < 4.78 is 44.7. The predicted octanol–water partition coefficient (Wildman–Crippen LogP) is -3.48. The number of aliphatic hydroxyl groups excluding tert-OH is 3. The van der Waals surface area contributed by atoms with Crippen molar-refractivity contribution in [2.24, 2.45) is 0 Å². The molecule has 1 fully saturated rings. The fourth-order valence-corrected chi connectivity index (χ4v) is 3.70. The number of hydrogen-bond donors (Lipinski definition) is 9. The van der Waals surface area contributed by atoms with Crippen molar-refractivity contribution in [1.82, 2.24) is 0 Å². The van der Waals surface area contributed by atoms with Crippen molar-refractivity contribution < 1.29 is 71.9 Å². The zero-order chi connectivity index (χ0) is 19.1. The molecule has 0 aromatic heterocycles. The second-order valence-electron chi connectivity index (χ2n) is 4.65. The van der Waals surface area contributed by atoms with Gasteiger partial charge in [0.05, 0.1) is 0 Å². The van der Waals surface area contributed by atoms with E-state index in [1.807, 2.05) is 0 Å². The third-order valence-corrected chi connectivity index (χ3v) is 4.35. The van der Waals surface area contributed by atoms with Crippen molar-refractivity contribution in [3.8, 4) is 0 Å². The van der Waals surface area contributed by atoms with Gasteiger partial charge in [-0.05, 0) is 0 Å². The van der Waals surface area contributed by atoms with Gasteiger partial charge in [0, 0.05) is 0 Å². The lowest BCUT2D eigenvalue weighted by Crippen LogP contribution is -2.65. The summed E-state index contributed by atoms with van der Waals surface area (Å²) in [5, 5.41) is 29.3. The van der Waals surface area contributed by atoms with Crippen LogP contribution in [0.1, 0.15) is 0 Å². The van der Waals surface area contributed by atoms with Crippen LogP contribution in [0.15, 0.2) is 0 Å². The molecule has 0 spiro atoms. The monoisotopic (exact) mass is 420 g/mol. The number of hydrogen-bond acceptors (Lipinski definition) is 9. The van der Waals surface area contributed by atoms with Crippen molar-refractivity contribution in [3.63, 3.8) is 0 Å². The molecule has 0 aromatic rings. The average Bonchev–Trinajstić information content (AvgIpc) is 2.32. The van der Waals surface area contributed by atoms with E-state index >= 15 is 0 Å². The first kappa shape index (κ1) is 22.3. The summed E-state index contributed by atoms with van der Waals surface area (Å²) in [6, 6.07) is 0. The molecule has 0 aliphatic heterocycles. The van der Waals surface area contributed by atoms with Gasteiger partial charge in [-0.15, -0.1) is 0 Å². The lowest BCUT2D eigenvalue weighted by molar-refractivity contribution is -0.212. The first-order valence-corrected chi connectivity index (χ1v) is 10.4. The Morgan fingerprint density at radius 1 is 0.500 bits per heavy atom. The predicted molar refractivity (Wildman–Crippen MR) is 68.8 cm³/mol. The maximum atomic E-state index is 10.9. The van der Waals surface area contributed by atoms with E-state index in [-0.39, 0.29) is 0 Å². The van der Waals surface area contributed by atoms with E-state index in [0.29, 0.717) is 0 Å². The molecule has 18 heteroatoms. The summed E-state index contributed by atoms with van der Waals surface area (Å²) in [6.07, 6.45) is -14.3. The molecule has 1 rings (SSSR count). The fourth-order valence-electron chi connectivity index (χ4n) is 2.01. The summed E-state index contributed by atoms with van der Waals surface area (Å²) in [4.78, 5) is 52.4. The second kappa shape index (κ2) is 7.45. The van der Waals surface area contributed by atoms with Gasteiger partial charge in [-0.25, -0.2) is 13.7 Å². The Kier molecular flexibility index (Phi) is 6.90. The zero-order valence-corrected chi connectivity index (χ0v) is 14.0. The van der Waals surface area contributed by atoms with Crippen LogP contribution in [0.2, 0.25) is 0 Å². The van der Waals surface area contributed by atoms with Gasteiger partial charge in [-0.3, -0.25) is 13.6 Å². The third-order valence-electron chi connectivity index (χ3n) is 2.80. The minimum absolute atomic E-state index is 2.32. The van der Waals surface area contributed by atoms with Gasteiger partial charge in [0.25, 0.3) is 0 Å². The summed E-state index contributed by atoms with van der Waals surface area (Å²) in [6.45, 7) is 0. The minimum atomic E-state index is -5.43. The molecule has 0 aromatic carbocycles. The van der Waals surface area contributed by atoms with E-state index in [2.05, 4.69) is 13.6 Å². The highest BCUT2D eigenvalue weighted by Crippen LogP contribution is 2.49. The van der Waals surface area contributed by atoms with Gasteiger partial charge < -0.3 is 44.7 Å². The van der Waals surface area contributed by atoms with Crippen molar-refractivity contribution in [2.75, 3.05) is 0 Å². The van der Waals surface area contributed by atoms with Crippen LogP contribution in [0.4, 0.5) is 0 Å². The van der Waals surface area contributed by atoms with Crippen LogP contribution < -0.4 is 0 Å². The summed E-state index contributed by atoms with van der Waals surface area (Å²) in [5.41, 5.74) is 0. The molecule has 15 nitrogen and oxygen atoms in total. The highest BCUT2D eigenvalue weighted by Gasteiger charge is 2.56. The molecule has 1 aliphatic rings. The maximum Gasteiger partial charge on any atom is 0.470 e. The topological polar surface area (TPSA) is 261 Å². The molecule has 0 saturated heterocycles. The maximum absolute atomic E-state index is 10.9. The van der Waals surface area contributed by atoms with Gasteiger partial charge in [0.2, 0.25) is 0 Å². The van der Waals surface area contributed by atoms with Crippen molar-refractivity contribution >= 4 is 23.5 Å². The summed E-state index contributed by atoms with van der Waals surface area (Å²) >= 11 is 0. The Labute approximate surface area is 133 Å². The molecule has 0 bridgehead atoms. The van der Waals surface area contributed by atoms with Crippen molar-refractivity contribution in [2.45, 2.75) is 36.6 Å². The Balaban J connectivity index is 3.23. The van der Waals surface area contributed by atoms with E-state index in [0.717, 1.165) is 0 Å². The third kappa shape index (κ3) is 6.50. The SMILES string of the molecule is O=P(O)(O)O[C@@H]1[C@H](O)[C@H](O)[C@H](OP(=O)(O)O)[C@H](OP(=O)(O)O)[C@@H]1O. The Hall–Kier alpha value is 0.210. The van der Waals surface area contributed by atoms with Crippen LogP contribution in [0.5, 0.6) is 0 Å². The largest absolute Gasteiger partial charge is 0.470 e. The highest BCUT2D eigenvalue weighted by molar-refractivity contribution is 7.46. The average molecular weight is 420 g/mol. The van der Waals surface area contributed by atoms with Gasteiger partial charge in [0.1, 0.15) is 36.6 Å². The Morgan fingerprint density at radius 2 is 0.750 bits per heavy atom. The second-order valence-corrected chi connectivity index (χ2v) is 8.23. The Morgan fingerprint density at radius 3 is 1.08 bits per heavy atom. The van der Waals surface area contributed by atoms with Gasteiger partial charge >= 0.3 is 23.5 Å². The molecule has 0 amide bonds. The molecular weight excluding hydrogens is 405 g/mol. The smallest absolute Gasteiger partial charge is 0.387 e. The van der Waals surface area contributed by atoms with Crippen LogP contribution >= 0.6 is 23.5 Å². The van der Waals surface area contributed by atoms with Crippen LogP contribution in [0, 0.1) is 0 Å². The highest BCUT2D eigenvalue weighted by atomic mass is 31.2. The summed E-state index contributed by atoms with van der Waals surface area (Å²) in [5.74, 6) is 0. The van der Waals surface area contributed by atoms with E-state index in [4.69, 9.17) is 29.4 Å². The van der Waals surface area contributed by atoms with Crippen LogP contribution in [0.25, 0.3) is 0 Å². The van der Waals surface area contributed by atoms with Crippen molar-refractivity contribution in [3.05, 3.63) is 0 Å². The molecule has 1 aliphatic carbocycles. The number of rotatable bonds is 6. The molecular formula is C6H15O15P3. The van der Waals surface area contributed by atoms with E-state index in [1.54, 1.807) is 0 Å². The van der Waals surface area contributed by atoms with Crippen molar-refractivity contribution in [1.29, 1.82) is 0 Å². The molecule has 0 heterocycles. The van der Waals surface area contributed by atoms with Crippen LogP contribution in [-0.2, 0) is 27.3 Å². The van der Waals surface area contributed by atoms with Gasteiger partial charge in [-0.2, -0.15) is 0 Å². The zero-order valence-electron chi connectivity index (χ0n) is 11.3. The lowest BCUT2D eigenvalue weighted by atomic mass is 9.85. The first-order chi connectivity index (χ1) is 10.5. The molecule has 0 radical (unpaired) electrons. The van der Waals surface area contributed by atoms with Gasteiger partial charge in [-0.1, -0.05) is 0 Å². The lowest BCUT2D eigenvalue weighted by Gasteiger charge is -2.44. The van der Waals surface area contributed by atoms with Gasteiger partial charge in [0.15, 0.2) is 0 Å². The minimum Gasteiger partial charge on any atom is -0.387 e. The standard InChI is InChI=1S/C6H15O15P3/c7-1-2(8)5(20-23(13,14)15)6(21-24(16,17)18)3(9)4(1)19-22(10,11)12/h1-9H,(H2,10,11,12)(H2,13,14,15)(H2,16,17,18)/t1-,2+,3-,4-,5+,6-/m1/s1. The number of phosphoric ester groups is 3. The summed E-state index contributed by atoms with van der Waals surface area (Å²) in [7, 11) is -16.2. The molecule has 0 unspecified atom stereocenters. The molecule has 24 heavy (non-hydrogen) atoms. The van der Waals surface area contributed by atoms with E-state index in [1.165, 1.54) is 0 Å². The fraction of sp³-hybridized carbons (Fsp3) is 1.00. The first-order valence-electron chi connectivity index (χ1n) is 5.78. The molecule has 144 valence electrons. The van der Waals surface area contributed by atoms with Crippen LogP contribution in [-0.4, -0.2) is 81.3 Å². The molecule has 6 atom stereocenters. The Bertz CT molecular complexity index is 574. The molecule has 1 saturated carbocycles.